The first-order chi connectivity index (χ1) is 11.4. The zero-order valence-corrected chi connectivity index (χ0v) is 14.2. The maximum atomic E-state index is 12.7. The molecule has 3 rings (SSSR count). The highest BCUT2D eigenvalue weighted by Gasteiger charge is 2.16. The van der Waals surface area contributed by atoms with Gasteiger partial charge in [0.1, 0.15) is 23.6 Å². The molecule has 0 saturated heterocycles. The van der Waals surface area contributed by atoms with Crippen LogP contribution in [-0.4, -0.2) is 33.2 Å². The number of fused-ring (bicyclic) bond motifs is 3. The van der Waals surface area contributed by atoms with E-state index in [0.717, 1.165) is 10.9 Å². The minimum atomic E-state index is -0.308. The van der Waals surface area contributed by atoms with Gasteiger partial charge in [-0.1, -0.05) is 6.07 Å². The normalized spacial score (nSPS) is 11.4. The lowest BCUT2D eigenvalue weighted by Crippen LogP contribution is -2.37. The molecule has 0 atom stereocenters. The van der Waals surface area contributed by atoms with Crippen LogP contribution in [0.2, 0.25) is 0 Å². The van der Waals surface area contributed by atoms with Crippen molar-refractivity contribution in [2.75, 3.05) is 7.11 Å². The Kier molecular flexibility index (Phi) is 4.01. The average molecular weight is 328 g/mol. The quantitative estimate of drug-likeness (QED) is 0.787. The number of methoxy groups -OCH3 is 1. The van der Waals surface area contributed by atoms with Gasteiger partial charge in [-0.3, -0.25) is 14.0 Å². The smallest absolute Gasteiger partial charge is 0.291 e. The van der Waals surface area contributed by atoms with E-state index in [2.05, 4.69) is 10.4 Å². The third-order valence-electron chi connectivity index (χ3n) is 3.81. The zero-order chi connectivity index (χ0) is 17.4. The van der Waals surface area contributed by atoms with E-state index < -0.39 is 0 Å². The Morgan fingerprint density at radius 3 is 2.75 bits per heavy atom. The predicted octanol–water partition coefficient (Wildman–Crippen LogP) is 1.49. The number of aryl methyl sites for hydroxylation is 1. The largest absolute Gasteiger partial charge is 0.496 e. The van der Waals surface area contributed by atoms with Crippen LogP contribution in [0.1, 0.15) is 19.7 Å². The zero-order valence-electron chi connectivity index (χ0n) is 14.2. The summed E-state index contributed by atoms with van der Waals surface area (Å²) in [6, 6.07) is 7.42. The number of hydrogen-bond acceptors (Lipinski definition) is 4. The molecule has 1 aromatic carbocycles. The highest BCUT2D eigenvalue weighted by atomic mass is 16.5. The van der Waals surface area contributed by atoms with Crippen molar-refractivity contribution in [3.63, 3.8) is 0 Å². The molecule has 0 bridgehead atoms. The van der Waals surface area contributed by atoms with Crippen molar-refractivity contribution in [3.05, 3.63) is 40.4 Å². The van der Waals surface area contributed by atoms with Crippen molar-refractivity contribution in [1.82, 2.24) is 19.5 Å². The van der Waals surface area contributed by atoms with E-state index in [9.17, 15) is 9.59 Å². The molecule has 0 fully saturated rings. The van der Waals surface area contributed by atoms with Crippen LogP contribution in [0.3, 0.4) is 0 Å². The Labute approximate surface area is 138 Å². The van der Waals surface area contributed by atoms with Gasteiger partial charge in [0.15, 0.2) is 0 Å². The van der Waals surface area contributed by atoms with E-state index >= 15 is 0 Å². The van der Waals surface area contributed by atoms with Gasteiger partial charge in [-0.15, -0.1) is 0 Å². The van der Waals surface area contributed by atoms with Crippen molar-refractivity contribution in [3.8, 4) is 5.75 Å². The molecule has 126 valence electrons. The fourth-order valence-corrected chi connectivity index (χ4v) is 2.90. The van der Waals surface area contributed by atoms with Gasteiger partial charge in [0, 0.05) is 11.4 Å². The van der Waals surface area contributed by atoms with Gasteiger partial charge in [0.25, 0.3) is 5.56 Å². The summed E-state index contributed by atoms with van der Waals surface area (Å²) in [5.74, 6) is 1.08. The SMILES string of the molecule is COc1cccc2c1cc1c(=O)n(CC(=O)NC(C)C)nc(C)n12. The molecular formula is C17H20N4O3. The van der Waals surface area contributed by atoms with Crippen LogP contribution in [0.15, 0.2) is 29.1 Å². The van der Waals surface area contributed by atoms with Gasteiger partial charge in [-0.05, 0) is 39.0 Å². The lowest BCUT2D eigenvalue weighted by atomic mass is 10.2. The fraction of sp³-hybridized carbons (Fsp3) is 0.353. The van der Waals surface area contributed by atoms with E-state index in [1.807, 2.05) is 39.0 Å². The molecule has 0 spiro atoms. The molecule has 0 aliphatic rings. The second-order valence-electron chi connectivity index (χ2n) is 5.99. The number of benzene rings is 1. The van der Waals surface area contributed by atoms with Crippen LogP contribution in [-0.2, 0) is 11.3 Å². The molecule has 7 heteroatoms. The first kappa shape index (κ1) is 16.0. The van der Waals surface area contributed by atoms with Crippen molar-refractivity contribution < 1.29 is 9.53 Å². The number of ether oxygens (including phenoxy) is 1. The molecule has 1 amide bonds. The lowest BCUT2D eigenvalue weighted by molar-refractivity contribution is -0.122. The minimum Gasteiger partial charge on any atom is -0.496 e. The molecule has 24 heavy (non-hydrogen) atoms. The number of carbonyl (C=O) groups is 1. The average Bonchev–Trinajstić information content (AvgIpc) is 2.91. The molecule has 0 unspecified atom stereocenters. The highest BCUT2D eigenvalue weighted by Crippen LogP contribution is 2.28. The standard InChI is InChI=1S/C17H20N4O3/c1-10(2)18-16(22)9-20-17(23)14-8-12-13(21(14)11(3)19-20)6-5-7-15(12)24-4/h5-8,10H,9H2,1-4H3,(H,18,22). The molecule has 2 aromatic heterocycles. The molecule has 1 N–H and O–H groups in total. The highest BCUT2D eigenvalue weighted by molar-refractivity contribution is 5.92. The predicted molar refractivity (Wildman–Crippen MR) is 91.5 cm³/mol. The number of nitrogens with one attached hydrogen (secondary N) is 1. The summed E-state index contributed by atoms with van der Waals surface area (Å²) in [7, 11) is 1.59. The Morgan fingerprint density at radius 2 is 2.08 bits per heavy atom. The van der Waals surface area contributed by atoms with Gasteiger partial charge in [-0.2, -0.15) is 5.10 Å². The van der Waals surface area contributed by atoms with Gasteiger partial charge in [0.2, 0.25) is 5.91 Å². The number of rotatable bonds is 4. The molecular weight excluding hydrogens is 308 g/mol. The molecule has 0 radical (unpaired) electrons. The maximum absolute atomic E-state index is 12.7. The van der Waals surface area contributed by atoms with E-state index in [1.54, 1.807) is 17.6 Å². The molecule has 0 saturated carbocycles. The Bertz CT molecular complexity index is 985. The van der Waals surface area contributed by atoms with Crippen LogP contribution in [0, 0.1) is 6.92 Å². The van der Waals surface area contributed by atoms with Crippen molar-refractivity contribution in [2.24, 2.45) is 0 Å². The first-order valence-electron chi connectivity index (χ1n) is 7.77. The Morgan fingerprint density at radius 1 is 1.33 bits per heavy atom. The van der Waals surface area contributed by atoms with Crippen LogP contribution in [0.25, 0.3) is 16.4 Å². The van der Waals surface area contributed by atoms with Gasteiger partial charge in [-0.25, -0.2) is 4.68 Å². The number of aromatic nitrogens is 3. The molecule has 0 aliphatic heterocycles. The number of hydrogen-bond donors (Lipinski definition) is 1. The van der Waals surface area contributed by atoms with Crippen LogP contribution in [0.4, 0.5) is 0 Å². The summed E-state index contributed by atoms with van der Waals surface area (Å²) >= 11 is 0. The van der Waals surface area contributed by atoms with Gasteiger partial charge in [0.05, 0.1) is 12.6 Å². The van der Waals surface area contributed by atoms with E-state index in [1.165, 1.54) is 4.68 Å². The van der Waals surface area contributed by atoms with Crippen LogP contribution < -0.4 is 15.6 Å². The van der Waals surface area contributed by atoms with E-state index in [4.69, 9.17) is 4.74 Å². The number of carbonyl (C=O) groups excluding carboxylic acids is 1. The molecule has 0 aliphatic carbocycles. The topological polar surface area (TPSA) is 77.6 Å². The second-order valence-corrected chi connectivity index (χ2v) is 5.99. The van der Waals surface area contributed by atoms with Gasteiger partial charge >= 0.3 is 0 Å². The number of amides is 1. The monoisotopic (exact) mass is 328 g/mol. The fourth-order valence-electron chi connectivity index (χ4n) is 2.90. The van der Waals surface area contributed by atoms with Crippen molar-refractivity contribution >= 4 is 22.3 Å². The second kappa shape index (κ2) is 5.99. The summed E-state index contributed by atoms with van der Waals surface area (Å²) in [4.78, 5) is 24.7. The van der Waals surface area contributed by atoms with Crippen molar-refractivity contribution in [1.29, 1.82) is 0 Å². The molecule has 2 heterocycles. The van der Waals surface area contributed by atoms with Crippen LogP contribution >= 0.6 is 0 Å². The summed E-state index contributed by atoms with van der Waals surface area (Å²) in [5, 5.41) is 7.90. The Balaban J connectivity index is 2.19. The first-order valence-corrected chi connectivity index (χ1v) is 7.77. The summed E-state index contributed by atoms with van der Waals surface area (Å²) in [5.41, 5.74) is 1.02. The van der Waals surface area contributed by atoms with Gasteiger partial charge < -0.3 is 10.1 Å². The van der Waals surface area contributed by atoms with E-state index in [-0.39, 0.29) is 24.1 Å². The lowest BCUT2D eigenvalue weighted by Gasteiger charge is -2.11. The van der Waals surface area contributed by atoms with Crippen molar-refractivity contribution in [2.45, 2.75) is 33.4 Å². The Hall–Kier alpha value is -2.83. The minimum absolute atomic E-state index is 0.0122. The third kappa shape index (κ3) is 2.62. The van der Waals surface area contributed by atoms with E-state index in [0.29, 0.717) is 17.1 Å². The summed E-state index contributed by atoms with van der Waals surface area (Å²) < 4.78 is 8.36. The summed E-state index contributed by atoms with van der Waals surface area (Å²) in [6.07, 6.45) is 0. The molecule has 3 aromatic rings. The third-order valence-corrected chi connectivity index (χ3v) is 3.81. The maximum Gasteiger partial charge on any atom is 0.291 e. The summed E-state index contributed by atoms with van der Waals surface area (Å²) in [6.45, 7) is 5.44. The van der Waals surface area contributed by atoms with Crippen LogP contribution in [0.5, 0.6) is 5.75 Å². The molecule has 7 nitrogen and oxygen atoms in total. The number of nitrogens with zero attached hydrogens (tertiary/aromatic N) is 3.